The topological polar surface area (TPSA) is 42.4 Å². The van der Waals surface area contributed by atoms with Crippen LogP contribution in [-0.2, 0) is 11.2 Å². The summed E-state index contributed by atoms with van der Waals surface area (Å²) in [7, 11) is 0. The highest BCUT2D eigenvalue weighted by Gasteiger charge is 2.37. The van der Waals surface area contributed by atoms with Crippen LogP contribution in [0.25, 0.3) is 0 Å². The summed E-state index contributed by atoms with van der Waals surface area (Å²) in [6.45, 7) is 12.2. The van der Waals surface area contributed by atoms with E-state index < -0.39 is 11.3 Å². The third-order valence-electron chi connectivity index (χ3n) is 3.80. The van der Waals surface area contributed by atoms with Gasteiger partial charge in [0.25, 0.3) is 0 Å². The molecule has 1 aromatic heterocycles. The summed E-state index contributed by atoms with van der Waals surface area (Å²) in [6.07, 6.45) is 2.39. The molecule has 1 amide bonds. The van der Waals surface area contributed by atoms with Gasteiger partial charge in [0, 0.05) is 31.4 Å². The minimum absolute atomic E-state index is 0.333. The molecule has 0 aliphatic carbocycles. The van der Waals surface area contributed by atoms with Crippen molar-refractivity contribution in [3.05, 3.63) is 29.6 Å². The molecule has 0 saturated carbocycles. The molecule has 1 fully saturated rings. The largest absolute Gasteiger partial charge is 0.444 e. The molecule has 24 heavy (non-hydrogen) atoms. The zero-order valence-corrected chi connectivity index (χ0v) is 15.9. The number of ether oxygens (including phenoxy) is 1. The lowest BCUT2D eigenvalue weighted by Crippen LogP contribution is -2.47. The monoisotopic (exact) mass is 338 g/mol. The number of pyridine rings is 1. The highest BCUT2D eigenvalue weighted by atomic mass is 19.1. The van der Waals surface area contributed by atoms with Gasteiger partial charge in [-0.25, -0.2) is 9.18 Å². The van der Waals surface area contributed by atoms with E-state index >= 15 is 0 Å². The van der Waals surface area contributed by atoms with E-state index in [2.05, 4.69) is 4.98 Å². The zero-order valence-electron chi connectivity index (χ0n) is 15.9. The van der Waals surface area contributed by atoms with Crippen LogP contribution in [0, 0.1) is 6.92 Å². The van der Waals surface area contributed by atoms with Gasteiger partial charge in [-0.1, -0.05) is 19.9 Å². The van der Waals surface area contributed by atoms with E-state index in [1.807, 2.05) is 53.7 Å². The number of alkyl halides is 1. The molecule has 0 unspecified atom stereocenters. The van der Waals surface area contributed by atoms with E-state index in [-0.39, 0.29) is 6.09 Å². The van der Waals surface area contributed by atoms with Crippen LogP contribution in [-0.4, -0.2) is 40.3 Å². The highest BCUT2D eigenvalue weighted by Crippen LogP contribution is 2.31. The predicted octanol–water partition coefficient (Wildman–Crippen LogP) is 4.70. The number of carbonyl (C=O) groups is 1. The predicted molar refractivity (Wildman–Crippen MR) is 94.9 cm³/mol. The maximum Gasteiger partial charge on any atom is 0.410 e. The van der Waals surface area contributed by atoms with Crippen LogP contribution < -0.4 is 0 Å². The van der Waals surface area contributed by atoms with Crippen LogP contribution in [0.15, 0.2) is 18.3 Å². The normalized spacial score (nSPS) is 16.9. The van der Waals surface area contributed by atoms with E-state index in [0.29, 0.717) is 32.4 Å². The number of rotatable bonds is 2. The molecule has 1 aromatic rings. The number of piperidine rings is 1. The van der Waals surface area contributed by atoms with Gasteiger partial charge in [0.15, 0.2) is 0 Å². The fourth-order valence-corrected chi connectivity index (χ4v) is 2.56. The average molecular weight is 338 g/mol. The molecule has 5 heteroatoms. The second-order valence-corrected chi connectivity index (χ2v) is 7.10. The maximum atomic E-state index is 14.9. The Morgan fingerprint density at radius 3 is 2.33 bits per heavy atom. The summed E-state index contributed by atoms with van der Waals surface area (Å²) in [5.41, 5.74) is 0.0416. The summed E-state index contributed by atoms with van der Waals surface area (Å²) in [5.74, 6) is 0. The van der Waals surface area contributed by atoms with Crippen LogP contribution in [0.3, 0.4) is 0 Å². The second-order valence-electron chi connectivity index (χ2n) is 7.10. The molecule has 0 N–H and O–H groups in total. The molecule has 0 bridgehead atoms. The molecule has 136 valence electrons. The number of aromatic nitrogens is 1. The van der Waals surface area contributed by atoms with Crippen molar-refractivity contribution in [1.29, 1.82) is 0 Å². The van der Waals surface area contributed by atoms with E-state index in [4.69, 9.17) is 4.74 Å². The summed E-state index contributed by atoms with van der Waals surface area (Å²) in [4.78, 5) is 17.8. The zero-order chi connectivity index (χ0) is 18.4. The first-order valence-electron chi connectivity index (χ1n) is 8.75. The second kappa shape index (κ2) is 8.45. The molecule has 4 nitrogen and oxygen atoms in total. The fraction of sp³-hybridized carbons (Fsp3) is 0.684. The van der Waals surface area contributed by atoms with Gasteiger partial charge in [-0.3, -0.25) is 4.98 Å². The number of aryl methyl sites for hydroxylation is 1. The van der Waals surface area contributed by atoms with Gasteiger partial charge in [0.1, 0.15) is 11.3 Å². The quantitative estimate of drug-likeness (QED) is 0.785. The van der Waals surface area contributed by atoms with Gasteiger partial charge in [0.05, 0.1) is 0 Å². The maximum absolute atomic E-state index is 14.9. The lowest BCUT2D eigenvalue weighted by molar-refractivity contribution is 0.00338. The van der Waals surface area contributed by atoms with Crippen LogP contribution in [0.5, 0.6) is 0 Å². The molecule has 0 spiro atoms. The number of hydrogen-bond acceptors (Lipinski definition) is 3. The van der Waals surface area contributed by atoms with E-state index in [0.717, 1.165) is 11.3 Å². The molecule has 2 heterocycles. The Kier molecular flexibility index (Phi) is 7.18. The smallest absolute Gasteiger partial charge is 0.410 e. The Hall–Kier alpha value is -1.65. The van der Waals surface area contributed by atoms with Crippen molar-refractivity contribution in [3.8, 4) is 0 Å². The first-order chi connectivity index (χ1) is 11.2. The van der Waals surface area contributed by atoms with Crippen molar-refractivity contribution in [2.75, 3.05) is 13.1 Å². The Bertz CT molecular complexity index is 515. The van der Waals surface area contributed by atoms with Crippen LogP contribution in [0.2, 0.25) is 0 Å². The summed E-state index contributed by atoms with van der Waals surface area (Å²) in [5, 5.41) is 0. The van der Waals surface area contributed by atoms with E-state index in [1.165, 1.54) is 0 Å². The molecule has 1 aliphatic heterocycles. The third-order valence-corrected chi connectivity index (χ3v) is 3.80. The summed E-state index contributed by atoms with van der Waals surface area (Å²) in [6, 6.07) is 3.82. The van der Waals surface area contributed by atoms with Gasteiger partial charge >= 0.3 is 6.09 Å². The molecule has 1 aliphatic rings. The SMILES string of the molecule is CC.Cc1ccc(CC2(F)CCN(C(=O)OC(C)(C)C)CC2)cn1. The van der Waals surface area contributed by atoms with E-state index in [9.17, 15) is 9.18 Å². The Morgan fingerprint density at radius 1 is 1.29 bits per heavy atom. The Balaban J connectivity index is 0.00000139. The van der Waals surface area contributed by atoms with Crippen LogP contribution in [0.1, 0.15) is 58.7 Å². The van der Waals surface area contributed by atoms with E-state index in [1.54, 1.807) is 11.1 Å². The van der Waals surface area contributed by atoms with Crippen molar-refractivity contribution < 1.29 is 13.9 Å². The minimum Gasteiger partial charge on any atom is -0.444 e. The van der Waals surface area contributed by atoms with Gasteiger partial charge in [-0.15, -0.1) is 0 Å². The Labute approximate surface area is 145 Å². The third kappa shape index (κ3) is 6.46. The molecule has 0 radical (unpaired) electrons. The number of carbonyl (C=O) groups excluding carboxylic acids is 1. The highest BCUT2D eigenvalue weighted by molar-refractivity contribution is 5.68. The number of likely N-dealkylation sites (tertiary alicyclic amines) is 1. The van der Waals surface area contributed by atoms with Gasteiger partial charge in [-0.05, 0) is 52.2 Å². The first-order valence-corrected chi connectivity index (χ1v) is 8.75. The van der Waals surface area contributed by atoms with Crippen molar-refractivity contribution in [2.24, 2.45) is 0 Å². The number of hydrogen-bond donors (Lipinski definition) is 0. The molecule has 0 atom stereocenters. The lowest BCUT2D eigenvalue weighted by atomic mass is 9.87. The van der Waals surface area contributed by atoms with Gasteiger partial charge in [-0.2, -0.15) is 0 Å². The number of amides is 1. The van der Waals surface area contributed by atoms with Gasteiger partial charge < -0.3 is 9.64 Å². The molecule has 1 saturated heterocycles. The van der Waals surface area contributed by atoms with Crippen molar-refractivity contribution in [1.82, 2.24) is 9.88 Å². The van der Waals surface area contributed by atoms with Crippen molar-refractivity contribution >= 4 is 6.09 Å². The lowest BCUT2D eigenvalue weighted by Gasteiger charge is -2.37. The standard InChI is InChI=1S/C17H25FN2O2.C2H6/c1-13-5-6-14(12-19-13)11-17(18)7-9-20(10-8-17)15(21)22-16(2,3)4;1-2/h5-6,12H,7-11H2,1-4H3;1-2H3. The summed E-state index contributed by atoms with van der Waals surface area (Å²) < 4.78 is 20.3. The van der Waals surface area contributed by atoms with Crippen molar-refractivity contribution in [2.45, 2.75) is 72.1 Å². The van der Waals surface area contributed by atoms with Crippen LogP contribution in [0.4, 0.5) is 9.18 Å². The molecular formula is C19H31FN2O2. The average Bonchev–Trinajstić information content (AvgIpc) is 2.50. The summed E-state index contributed by atoms with van der Waals surface area (Å²) >= 11 is 0. The van der Waals surface area contributed by atoms with Crippen LogP contribution >= 0.6 is 0 Å². The van der Waals surface area contributed by atoms with Crippen molar-refractivity contribution in [3.63, 3.8) is 0 Å². The number of nitrogens with zero attached hydrogens (tertiary/aromatic N) is 2. The molecular weight excluding hydrogens is 307 g/mol. The molecule has 0 aromatic carbocycles. The number of halogens is 1. The molecule has 2 rings (SSSR count). The minimum atomic E-state index is -1.27. The first kappa shape index (κ1) is 20.4. The Morgan fingerprint density at radius 2 is 1.88 bits per heavy atom. The van der Waals surface area contributed by atoms with Gasteiger partial charge in [0.2, 0.25) is 0 Å². The fourth-order valence-electron chi connectivity index (χ4n) is 2.56.